The van der Waals surface area contributed by atoms with Gasteiger partial charge in [-0.15, -0.1) is 0 Å². The predicted molar refractivity (Wildman–Crippen MR) is 130 cm³/mol. The van der Waals surface area contributed by atoms with Gasteiger partial charge in [-0.05, 0) is 31.0 Å². The second-order valence-corrected chi connectivity index (χ2v) is 8.62. The normalized spacial score (nSPS) is 17.4. The second kappa shape index (κ2) is 8.08. The smallest absolute Gasteiger partial charge is 0.119 e. The molecular weight excluding hydrogens is 394 g/mol. The lowest BCUT2D eigenvalue weighted by Gasteiger charge is -2.34. The summed E-state index contributed by atoms with van der Waals surface area (Å²) in [4.78, 5) is 0. The Balaban J connectivity index is 1.47. The average molecular weight is 424 g/mol. The molecule has 0 radical (unpaired) electrons. The summed E-state index contributed by atoms with van der Waals surface area (Å²) in [6, 6.07) is 22.4. The molecule has 2 N–H and O–H groups in total. The van der Waals surface area contributed by atoms with Crippen LogP contribution in [0.5, 0.6) is 0 Å². The fourth-order valence-corrected chi connectivity index (χ4v) is 4.79. The maximum absolute atomic E-state index is 4.90. The Labute approximate surface area is 189 Å². The summed E-state index contributed by atoms with van der Waals surface area (Å²) in [7, 11) is 0. The lowest BCUT2D eigenvalue weighted by atomic mass is 9.80. The van der Waals surface area contributed by atoms with Crippen molar-refractivity contribution in [2.24, 2.45) is 0 Å². The van der Waals surface area contributed by atoms with E-state index in [0.29, 0.717) is 0 Å². The molecular formula is C27H29N5. The fourth-order valence-electron chi connectivity index (χ4n) is 4.79. The van der Waals surface area contributed by atoms with Gasteiger partial charge in [-0.25, -0.2) is 9.69 Å². The van der Waals surface area contributed by atoms with Crippen molar-refractivity contribution in [3.05, 3.63) is 104 Å². The molecule has 0 unspecified atom stereocenters. The highest BCUT2D eigenvalue weighted by Gasteiger charge is 2.44. The number of rotatable bonds is 5. The maximum Gasteiger partial charge on any atom is 0.119 e. The SMILES string of the molecule is C=C(NN1C(=C)NC2(CCCCC2)C1=C)c1cc(-c2ccccc2)nn1-c1ccccc1. The van der Waals surface area contributed by atoms with E-state index >= 15 is 0 Å². The molecule has 162 valence electrons. The zero-order valence-corrected chi connectivity index (χ0v) is 18.3. The minimum absolute atomic E-state index is 0.0997. The standard InChI is InChI=1S/C27H29N5/c1-20(29-31-21(2)27(28-22(31)3)17-11-6-12-18-27)26-19-25(23-13-7-4-8-14-23)30-32(26)24-15-9-5-10-16-24/h4-5,7-10,13-16,19,28-29H,1-3,6,11-12,17-18H2. The monoisotopic (exact) mass is 423 g/mol. The minimum atomic E-state index is -0.0997. The van der Waals surface area contributed by atoms with Crippen LogP contribution in [0.1, 0.15) is 37.8 Å². The zero-order valence-electron chi connectivity index (χ0n) is 18.3. The van der Waals surface area contributed by atoms with Gasteiger partial charge in [0, 0.05) is 5.56 Å². The quantitative estimate of drug-likeness (QED) is 0.560. The first kappa shape index (κ1) is 20.2. The number of para-hydroxylation sites is 1. The van der Waals surface area contributed by atoms with Crippen LogP contribution in [0, 0.1) is 0 Å². The first-order chi connectivity index (χ1) is 15.6. The van der Waals surface area contributed by atoms with Crippen LogP contribution in [0.2, 0.25) is 0 Å². The summed E-state index contributed by atoms with van der Waals surface area (Å²) in [5.74, 6) is 0.812. The molecule has 0 bridgehead atoms. The number of hydrogen-bond donors (Lipinski definition) is 2. The lowest BCUT2D eigenvalue weighted by molar-refractivity contribution is 0.298. The zero-order chi connectivity index (χ0) is 22.1. The highest BCUT2D eigenvalue weighted by Crippen LogP contribution is 2.41. The van der Waals surface area contributed by atoms with Gasteiger partial charge in [-0.2, -0.15) is 5.10 Å². The van der Waals surface area contributed by atoms with Gasteiger partial charge < -0.3 is 5.32 Å². The van der Waals surface area contributed by atoms with E-state index in [-0.39, 0.29) is 5.54 Å². The van der Waals surface area contributed by atoms with Crippen molar-refractivity contribution in [1.29, 1.82) is 0 Å². The molecule has 32 heavy (non-hydrogen) atoms. The van der Waals surface area contributed by atoms with Gasteiger partial charge in [0.2, 0.25) is 0 Å². The summed E-state index contributed by atoms with van der Waals surface area (Å²) in [6.07, 6.45) is 5.84. The molecule has 5 heteroatoms. The molecule has 0 amide bonds. The van der Waals surface area contributed by atoms with Crippen molar-refractivity contribution in [2.75, 3.05) is 0 Å². The van der Waals surface area contributed by atoms with Gasteiger partial charge >= 0.3 is 0 Å². The number of benzene rings is 2. The molecule has 2 aromatic carbocycles. The first-order valence-electron chi connectivity index (χ1n) is 11.2. The Hall–Kier alpha value is -3.73. The molecule has 0 atom stereocenters. The van der Waals surface area contributed by atoms with Crippen molar-refractivity contribution < 1.29 is 0 Å². The van der Waals surface area contributed by atoms with Crippen molar-refractivity contribution in [1.82, 2.24) is 25.5 Å². The summed E-state index contributed by atoms with van der Waals surface area (Å²) < 4.78 is 1.93. The van der Waals surface area contributed by atoms with Gasteiger partial charge in [-0.1, -0.05) is 87.5 Å². The van der Waals surface area contributed by atoms with E-state index in [1.807, 2.05) is 58.2 Å². The Morgan fingerprint density at radius 3 is 2.28 bits per heavy atom. The molecule has 1 aliphatic carbocycles. The van der Waals surface area contributed by atoms with Gasteiger partial charge in [0.15, 0.2) is 0 Å². The summed E-state index contributed by atoms with van der Waals surface area (Å²) >= 11 is 0. The van der Waals surface area contributed by atoms with Crippen LogP contribution in [-0.4, -0.2) is 20.3 Å². The molecule has 2 fully saturated rings. The largest absolute Gasteiger partial charge is 0.360 e. The van der Waals surface area contributed by atoms with Crippen LogP contribution in [0.25, 0.3) is 22.6 Å². The Kier molecular flexibility index (Phi) is 5.10. The van der Waals surface area contributed by atoms with E-state index in [1.54, 1.807) is 0 Å². The highest BCUT2D eigenvalue weighted by molar-refractivity contribution is 5.68. The van der Waals surface area contributed by atoms with E-state index < -0.39 is 0 Å². The topological polar surface area (TPSA) is 45.1 Å². The van der Waals surface area contributed by atoms with Crippen molar-refractivity contribution >= 4 is 5.70 Å². The Morgan fingerprint density at radius 1 is 0.938 bits per heavy atom. The number of hydrogen-bond acceptors (Lipinski definition) is 4. The first-order valence-corrected chi connectivity index (χ1v) is 11.2. The predicted octanol–water partition coefficient (Wildman–Crippen LogP) is 5.61. The van der Waals surface area contributed by atoms with Crippen LogP contribution in [0.3, 0.4) is 0 Å². The van der Waals surface area contributed by atoms with Crippen molar-refractivity contribution in [2.45, 2.75) is 37.6 Å². The number of nitrogens with one attached hydrogen (secondary N) is 2. The third-order valence-electron chi connectivity index (χ3n) is 6.52. The number of hydrazine groups is 1. The summed E-state index contributed by atoms with van der Waals surface area (Å²) in [6.45, 7) is 13.0. The molecule has 1 aliphatic heterocycles. The average Bonchev–Trinajstić information content (AvgIpc) is 3.37. The molecule has 2 heterocycles. The molecule has 5 nitrogen and oxygen atoms in total. The van der Waals surface area contributed by atoms with E-state index in [4.69, 9.17) is 5.10 Å². The summed E-state index contributed by atoms with van der Waals surface area (Å²) in [5.41, 5.74) is 8.94. The summed E-state index contributed by atoms with van der Waals surface area (Å²) in [5, 5.41) is 10.5. The van der Waals surface area contributed by atoms with Crippen LogP contribution in [0.15, 0.2) is 98.0 Å². The van der Waals surface area contributed by atoms with Crippen LogP contribution in [0.4, 0.5) is 0 Å². The number of aromatic nitrogens is 2. The molecule has 1 aromatic heterocycles. The molecule has 5 rings (SSSR count). The molecule has 1 saturated carbocycles. The fraction of sp³-hybridized carbons (Fsp3) is 0.222. The molecule has 1 spiro atoms. The molecule has 3 aromatic rings. The second-order valence-electron chi connectivity index (χ2n) is 8.62. The van der Waals surface area contributed by atoms with Gasteiger partial charge in [0.1, 0.15) is 5.82 Å². The van der Waals surface area contributed by atoms with Gasteiger partial charge in [0.25, 0.3) is 0 Å². The van der Waals surface area contributed by atoms with Gasteiger partial charge in [-0.3, -0.25) is 5.43 Å². The lowest BCUT2D eigenvalue weighted by Crippen LogP contribution is -2.42. The minimum Gasteiger partial charge on any atom is -0.360 e. The number of nitrogens with zero attached hydrogens (tertiary/aromatic N) is 3. The van der Waals surface area contributed by atoms with E-state index in [1.165, 1.54) is 19.3 Å². The van der Waals surface area contributed by atoms with E-state index in [0.717, 1.165) is 52.7 Å². The molecule has 2 aliphatic rings. The van der Waals surface area contributed by atoms with Crippen molar-refractivity contribution in [3.8, 4) is 16.9 Å². The third kappa shape index (κ3) is 3.50. The maximum atomic E-state index is 4.90. The van der Waals surface area contributed by atoms with Crippen LogP contribution in [-0.2, 0) is 0 Å². The third-order valence-corrected chi connectivity index (χ3v) is 6.52. The van der Waals surface area contributed by atoms with Gasteiger partial charge in [0.05, 0.1) is 34.0 Å². The van der Waals surface area contributed by atoms with E-state index in [2.05, 4.69) is 48.7 Å². The highest BCUT2D eigenvalue weighted by atomic mass is 15.6. The molecule has 1 saturated heterocycles. The Morgan fingerprint density at radius 2 is 1.59 bits per heavy atom. The van der Waals surface area contributed by atoms with Crippen LogP contribution < -0.4 is 10.7 Å². The van der Waals surface area contributed by atoms with Crippen LogP contribution >= 0.6 is 0 Å². The van der Waals surface area contributed by atoms with Crippen molar-refractivity contribution in [3.63, 3.8) is 0 Å². The van der Waals surface area contributed by atoms with E-state index in [9.17, 15) is 0 Å². The Bertz CT molecular complexity index is 1150.